The summed E-state index contributed by atoms with van der Waals surface area (Å²) in [6.07, 6.45) is 0. The van der Waals surface area contributed by atoms with Crippen molar-refractivity contribution in [3.63, 3.8) is 0 Å². The molecule has 0 aliphatic rings. The molecule has 12 aromatic rings. The Morgan fingerprint density at radius 1 is 0.224 bits per heavy atom. The van der Waals surface area contributed by atoms with E-state index >= 15 is 0 Å². The second-order valence-corrected chi connectivity index (χ2v) is 15.1. The number of nitrogens with zero attached hydrogens (tertiary/aromatic N) is 4. The Morgan fingerprint density at radius 3 is 1.05 bits per heavy atom. The van der Waals surface area contributed by atoms with Gasteiger partial charge in [0.05, 0.1) is 45.0 Å². The van der Waals surface area contributed by atoms with Crippen LogP contribution in [0.4, 0.5) is 0 Å². The van der Waals surface area contributed by atoms with Crippen LogP contribution in [-0.4, -0.2) is 19.9 Å². The Morgan fingerprint density at radius 2 is 0.586 bits per heavy atom. The fourth-order valence-electron chi connectivity index (χ4n) is 8.59. The Hall–Kier alpha value is -7.82. The van der Waals surface area contributed by atoms with Crippen LogP contribution in [0.15, 0.2) is 194 Å². The Bertz CT molecular complexity index is 3510. The second kappa shape index (κ2) is 12.9. The summed E-state index contributed by atoms with van der Waals surface area (Å²) in [5.74, 6) is 0. The van der Waals surface area contributed by atoms with Gasteiger partial charge in [0.25, 0.3) is 0 Å². The highest BCUT2D eigenvalue weighted by atomic mass is 14.8. The first-order valence-electron chi connectivity index (χ1n) is 19.6. The average molecular weight is 737 g/mol. The second-order valence-electron chi connectivity index (χ2n) is 15.1. The van der Waals surface area contributed by atoms with Gasteiger partial charge in [-0.2, -0.15) is 0 Å². The zero-order valence-electron chi connectivity index (χ0n) is 31.3. The molecule has 4 heterocycles. The third-order valence-electron chi connectivity index (χ3n) is 11.5. The normalized spacial score (nSPS) is 11.8. The molecule has 0 bridgehead atoms. The van der Waals surface area contributed by atoms with Crippen molar-refractivity contribution in [2.75, 3.05) is 0 Å². The molecule has 0 atom stereocenters. The molecule has 0 fully saturated rings. The number of rotatable bonds is 4. The van der Waals surface area contributed by atoms with Gasteiger partial charge in [0.15, 0.2) is 0 Å². The van der Waals surface area contributed by atoms with Crippen molar-refractivity contribution in [2.45, 2.75) is 0 Å². The number of benzene rings is 8. The summed E-state index contributed by atoms with van der Waals surface area (Å²) in [4.78, 5) is 21.0. The van der Waals surface area contributed by atoms with E-state index < -0.39 is 0 Å². The highest BCUT2D eigenvalue weighted by Crippen LogP contribution is 2.39. The minimum Gasteiger partial charge on any atom is -0.248 e. The molecule has 8 aromatic carbocycles. The molecule has 4 nitrogen and oxygen atoms in total. The van der Waals surface area contributed by atoms with Gasteiger partial charge in [-0.1, -0.05) is 127 Å². The highest BCUT2D eigenvalue weighted by molar-refractivity contribution is 6.06. The molecule has 4 heteroatoms. The van der Waals surface area contributed by atoms with Gasteiger partial charge in [-0.3, -0.25) is 0 Å². The number of pyridine rings is 4. The Balaban J connectivity index is 1.04. The van der Waals surface area contributed by atoms with E-state index in [1.165, 1.54) is 21.5 Å². The first-order valence-corrected chi connectivity index (χ1v) is 19.6. The minimum atomic E-state index is 0.791. The highest BCUT2D eigenvalue weighted by Gasteiger charge is 2.16. The maximum absolute atomic E-state index is 5.30. The number of hydrogen-bond donors (Lipinski definition) is 0. The van der Waals surface area contributed by atoms with Gasteiger partial charge in [0.2, 0.25) is 0 Å². The molecule has 0 saturated heterocycles. The van der Waals surface area contributed by atoms with Crippen molar-refractivity contribution in [3.05, 3.63) is 194 Å². The van der Waals surface area contributed by atoms with Crippen molar-refractivity contribution in [3.8, 4) is 45.2 Å². The molecule has 0 radical (unpaired) electrons. The number of hydrogen-bond acceptors (Lipinski definition) is 4. The van der Waals surface area contributed by atoms with Crippen LogP contribution in [0.3, 0.4) is 0 Å². The zero-order valence-corrected chi connectivity index (χ0v) is 31.3. The van der Waals surface area contributed by atoms with Crippen LogP contribution < -0.4 is 0 Å². The van der Waals surface area contributed by atoms with Crippen molar-refractivity contribution < 1.29 is 0 Å². The van der Waals surface area contributed by atoms with E-state index in [9.17, 15) is 0 Å². The predicted molar refractivity (Wildman–Crippen MR) is 242 cm³/mol. The third-order valence-corrected chi connectivity index (χ3v) is 11.5. The van der Waals surface area contributed by atoms with E-state index in [1.807, 2.05) is 0 Å². The largest absolute Gasteiger partial charge is 0.248 e. The van der Waals surface area contributed by atoms with E-state index in [2.05, 4.69) is 194 Å². The molecule has 4 aromatic heterocycles. The van der Waals surface area contributed by atoms with Gasteiger partial charge in [0.1, 0.15) is 0 Å². The van der Waals surface area contributed by atoms with Crippen LogP contribution in [0, 0.1) is 0 Å². The molecular formula is C54H32N4. The molecule has 0 saturated carbocycles. The number of aromatic nitrogens is 4. The Labute approximate surface area is 333 Å². The van der Waals surface area contributed by atoms with Gasteiger partial charge in [-0.25, -0.2) is 19.9 Å². The maximum atomic E-state index is 5.30. The molecule has 0 unspecified atom stereocenters. The molecule has 0 aliphatic heterocycles. The molecular weight excluding hydrogens is 705 g/mol. The van der Waals surface area contributed by atoms with Gasteiger partial charge in [0, 0.05) is 21.7 Å². The van der Waals surface area contributed by atoms with E-state index in [4.69, 9.17) is 19.9 Å². The average Bonchev–Trinajstić information content (AvgIpc) is 3.28. The van der Waals surface area contributed by atoms with Crippen LogP contribution in [0.1, 0.15) is 0 Å². The lowest BCUT2D eigenvalue weighted by molar-refractivity contribution is 1.25. The first kappa shape index (κ1) is 32.4. The van der Waals surface area contributed by atoms with E-state index in [-0.39, 0.29) is 0 Å². The van der Waals surface area contributed by atoms with Crippen molar-refractivity contribution in [1.82, 2.24) is 19.9 Å². The molecule has 268 valence electrons. The summed E-state index contributed by atoms with van der Waals surface area (Å²) in [5.41, 5.74) is 10.3. The monoisotopic (exact) mass is 736 g/mol. The quantitative estimate of drug-likeness (QED) is 0.169. The molecule has 0 spiro atoms. The van der Waals surface area contributed by atoms with Crippen LogP contribution in [-0.2, 0) is 0 Å². The molecule has 12 rings (SSSR count). The summed E-state index contributed by atoms with van der Waals surface area (Å²) in [7, 11) is 0. The standard InChI is InChI=1S/C54H32N4/c1-4-12-36-28-50-39(25-33(36)9-1)17-22-47(55-50)46-21-20-43(44-15-7-8-16-45(44)46)42-31-53(48-23-18-40-26-34-10-2-5-13-37(34)29-51(40)56-48)58-54(32-42)49-24-19-41-27-35-11-3-6-14-38(35)30-52(41)57-49/h1-32H. The molecule has 0 aliphatic carbocycles. The summed E-state index contributed by atoms with van der Waals surface area (Å²) >= 11 is 0. The van der Waals surface area contributed by atoms with Crippen molar-refractivity contribution in [2.24, 2.45) is 0 Å². The third kappa shape index (κ3) is 5.46. The fraction of sp³-hybridized carbons (Fsp3) is 0. The van der Waals surface area contributed by atoms with E-state index in [1.54, 1.807) is 0 Å². The summed E-state index contributed by atoms with van der Waals surface area (Å²) < 4.78 is 0. The fourth-order valence-corrected chi connectivity index (χ4v) is 8.59. The molecule has 0 amide bonds. The summed E-state index contributed by atoms with van der Waals surface area (Å²) in [5, 5.41) is 12.7. The lowest BCUT2D eigenvalue weighted by Gasteiger charge is -2.15. The lowest BCUT2D eigenvalue weighted by atomic mass is 9.92. The van der Waals surface area contributed by atoms with Crippen LogP contribution in [0.2, 0.25) is 0 Å². The van der Waals surface area contributed by atoms with Gasteiger partial charge in [-0.05, 0) is 121 Å². The van der Waals surface area contributed by atoms with Crippen LogP contribution in [0.25, 0.3) is 121 Å². The lowest BCUT2D eigenvalue weighted by Crippen LogP contribution is -1.96. The maximum Gasteiger partial charge on any atom is 0.0900 e. The smallest absolute Gasteiger partial charge is 0.0900 e. The predicted octanol–water partition coefficient (Wildman–Crippen LogP) is 14.0. The van der Waals surface area contributed by atoms with Gasteiger partial charge >= 0.3 is 0 Å². The van der Waals surface area contributed by atoms with Crippen molar-refractivity contribution in [1.29, 1.82) is 0 Å². The van der Waals surface area contributed by atoms with Crippen LogP contribution >= 0.6 is 0 Å². The van der Waals surface area contributed by atoms with Crippen molar-refractivity contribution >= 4 is 75.8 Å². The van der Waals surface area contributed by atoms with Crippen LogP contribution in [0.5, 0.6) is 0 Å². The van der Waals surface area contributed by atoms with E-state index in [0.29, 0.717) is 0 Å². The van der Waals surface area contributed by atoms with Gasteiger partial charge < -0.3 is 0 Å². The SMILES string of the molecule is c1ccc2cc3nc(-c4cc(-c5ccc(-c6ccc7cc8ccccc8cc7n6)c6ccccc56)cc(-c5ccc6cc7ccccc7cc6n5)n4)ccc3cc2c1. The van der Waals surface area contributed by atoms with Gasteiger partial charge in [-0.15, -0.1) is 0 Å². The minimum absolute atomic E-state index is 0.791. The first-order chi connectivity index (χ1) is 28.7. The summed E-state index contributed by atoms with van der Waals surface area (Å²) in [6.45, 7) is 0. The Kier molecular flexibility index (Phi) is 7.20. The zero-order chi connectivity index (χ0) is 38.2. The number of fused-ring (bicyclic) bond motifs is 7. The summed E-state index contributed by atoms with van der Waals surface area (Å²) in [6, 6.07) is 68.7. The topological polar surface area (TPSA) is 51.6 Å². The molecule has 58 heavy (non-hydrogen) atoms. The van der Waals surface area contributed by atoms with E-state index in [0.717, 1.165) is 99.4 Å². The molecule has 0 N–H and O–H groups in total.